The standard InChI is InChI=1S/C31H37ClN4O7/c1-4-41-18-19-43-31(38)28-22(3)33-21(2)27(29(28)23-6-5-7-26(20-23)36(39)40)30(37)42-17-16-34-12-14-35(15-13-34)25-10-8-24(32)9-11-25/h5-11,20,28-29H,4,12-19H2,1-3H3. The normalized spacial score (nSPS) is 19.2. The van der Waals surface area contributed by atoms with Gasteiger partial charge < -0.3 is 19.1 Å². The summed E-state index contributed by atoms with van der Waals surface area (Å²) in [5.41, 5.74) is 2.43. The fraction of sp³-hybridized carbons (Fsp3) is 0.452. The van der Waals surface area contributed by atoms with Gasteiger partial charge in [-0.15, -0.1) is 0 Å². The van der Waals surface area contributed by atoms with Crippen molar-refractivity contribution in [2.75, 3.05) is 64.1 Å². The molecule has 2 atom stereocenters. The van der Waals surface area contributed by atoms with Crippen molar-refractivity contribution < 1.29 is 28.7 Å². The number of hydrogen-bond donors (Lipinski definition) is 0. The Balaban J connectivity index is 1.46. The molecule has 11 nitrogen and oxygen atoms in total. The minimum atomic E-state index is -0.962. The molecule has 0 bridgehead atoms. The third kappa shape index (κ3) is 8.19. The summed E-state index contributed by atoms with van der Waals surface area (Å²) in [7, 11) is 0. The Bertz CT molecular complexity index is 1370. The maximum Gasteiger partial charge on any atom is 0.336 e. The van der Waals surface area contributed by atoms with Gasteiger partial charge >= 0.3 is 11.9 Å². The molecule has 1 fully saturated rings. The first-order valence-corrected chi connectivity index (χ1v) is 14.7. The van der Waals surface area contributed by atoms with E-state index in [0.717, 1.165) is 31.9 Å². The van der Waals surface area contributed by atoms with Gasteiger partial charge in [-0.05, 0) is 50.6 Å². The summed E-state index contributed by atoms with van der Waals surface area (Å²) in [5, 5.41) is 12.3. The number of nitro groups is 1. The van der Waals surface area contributed by atoms with Gasteiger partial charge in [0.25, 0.3) is 5.69 Å². The van der Waals surface area contributed by atoms with Crippen molar-refractivity contribution in [3.05, 3.63) is 80.5 Å². The molecule has 1 saturated heterocycles. The van der Waals surface area contributed by atoms with Gasteiger partial charge in [0.2, 0.25) is 0 Å². The Kier molecular flexibility index (Phi) is 11.3. The van der Waals surface area contributed by atoms with Crippen LogP contribution in [0.5, 0.6) is 0 Å². The van der Waals surface area contributed by atoms with Gasteiger partial charge in [0.05, 0.1) is 17.1 Å². The average molecular weight is 613 g/mol. The molecule has 12 heteroatoms. The van der Waals surface area contributed by atoms with Crippen molar-refractivity contribution in [2.24, 2.45) is 10.9 Å². The number of anilines is 1. The minimum Gasteiger partial charge on any atom is -0.463 e. The summed E-state index contributed by atoms with van der Waals surface area (Å²) in [6.07, 6.45) is 0. The van der Waals surface area contributed by atoms with Crippen LogP contribution in [-0.2, 0) is 23.8 Å². The number of halogens is 1. The van der Waals surface area contributed by atoms with Crippen LogP contribution in [0.1, 0.15) is 32.3 Å². The number of rotatable bonds is 12. The van der Waals surface area contributed by atoms with Crippen molar-refractivity contribution in [2.45, 2.75) is 26.7 Å². The molecule has 43 heavy (non-hydrogen) atoms. The highest BCUT2D eigenvalue weighted by Gasteiger charge is 2.43. The van der Waals surface area contributed by atoms with Crippen LogP contribution in [0.4, 0.5) is 11.4 Å². The second kappa shape index (κ2) is 15.1. The third-order valence-corrected chi connectivity index (χ3v) is 7.88. The molecule has 2 aromatic carbocycles. The summed E-state index contributed by atoms with van der Waals surface area (Å²) in [5.74, 6) is -3.03. The lowest BCUT2D eigenvalue weighted by atomic mass is 9.75. The van der Waals surface area contributed by atoms with E-state index in [1.807, 2.05) is 31.2 Å². The van der Waals surface area contributed by atoms with Gasteiger partial charge in [-0.2, -0.15) is 0 Å². The van der Waals surface area contributed by atoms with E-state index in [1.54, 1.807) is 19.9 Å². The van der Waals surface area contributed by atoms with E-state index in [9.17, 15) is 19.7 Å². The molecule has 4 rings (SSSR count). The molecule has 2 unspecified atom stereocenters. The van der Waals surface area contributed by atoms with Gasteiger partial charge in [-0.25, -0.2) is 4.79 Å². The lowest BCUT2D eigenvalue weighted by Crippen LogP contribution is -2.47. The van der Waals surface area contributed by atoms with E-state index in [-0.39, 0.29) is 31.1 Å². The molecule has 0 radical (unpaired) electrons. The first-order chi connectivity index (χ1) is 20.7. The highest BCUT2D eigenvalue weighted by Crippen LogP contribution is 2.41. The zero-order valence-corrected chi connectivity index (χ0v) is 25.4. The topological polar surface area (TPSA) is 124 Å². The number of allylic oxidation sites excluding steroid dienone is 1. The van der Waals surface area contributed by atoms with Crippen LogP contribution in [0.25, 0.3) is 0 Å². The third-order valence-electron chi connectivity index (χ3n) is 7.62. The van der Waals surface area contributed by atoms with Crippen molar-refractivity contribution in [1.29, 1.82) is 0 Å². The summed E-state index contributed by atoms with van der Waals surface area (Å²) >= 11 is 6.01. The number of aliphatic imine (C=N–C) groups is 1. The van der Waals surface area contributed by atoms with Crippen LogP contribution in [0.3, 0.4) is 0 Å². The van der Waals surface area contributed by atoms with Crippen LogP contribution in [0, 0.1) is 16.0 Å². The molecule has 2 heterocycles. The first-order valence-electron chi connectivity index (χ1n) is 14.3. The monoisotopic (exact) mass is 612 g/mol. The number of carbonyl (C=O) groups is 2. The minimum absolute atomic E-state index is 0.0336. The Hall–Kier alpha value is -3.80. The molecule has 0 saturated carbocycles. The highest BCUT2D eigenvalue weighted by atomic mass is 35.5. The zero-order valence-electron chi connectivity index (χ0n) is 24.7. The molecule has 2 aliphatic heterocycles. The van der Waals surface area contributed by atoms with Crippen molar-refractivity contribution in [1.82, 2.24) is 4.90 Å². The Morgan fingerprint density at radius 3 is 2.42 bits per heavy atom. The highest BCUT2D eigenvalue weighted by molar-refractivity contribution is 6.30. The average Bonchev–Trinajstić information content (AvgIpc) is 2.99. The fourth-order valence-electron chi connectivity index (χ4n) is 5.46. The maximum atomic E-state index is 13.6. The van der Waals surface area contributed by atoms with E-state index in [4.69, 9.17) is 25.8 Å². The van der Waals surface area contributed by atoms with Crippen LogP contribution >= 0.6 is 11.6 Å². The number of carbonyl (C=O) groups excluding carboxylic acids is 2. The van der Waals surface area contributed by atoms with E-state index >= 15 is 0 Å². The SMILES string of the molecule is CCOCCOC(=O)C1C(C)=NC(C)=C(C(=O)OCCN2CCN(c3ccc(Cl)cc3)CC2)C1c1cccc([N+](=O)[O-])c1. The summed E-state index contributed by atoms with van der Waals surface area (Å²) < 4.78 is 16.5. The molecule has 0 spiro atoms. The van der Waals surface area contributed by atoms with Crippen LogP contribution in [0.15, 0.2) is 64.8 Å². The van der Waals surface area contributed by atoms with Crippen LogP contribution < -0.4 is 4.90 Å². The molecule has 0 amide bonds. The van der Waals surface area contributed by atoms with E-state index in [0.29, 0.717) is 35.1 Å². The molecule has 2 aliphatic rings. The number of nitrogens with zero attached hydrogens (tertiary/aromatic N) is 4. The number of piperazine rings is 1. The Morgan fingerprint density at radius 1 is 1.02 bits per heavy atom. The lowest BCUT2D eigenvalue weighted by molar-refractivity contribution is -0.384. The van der Waals surface area contributed by atoms with E-state index in [1.165, 1.54) is 18.2 Å². The number of ether oxygens (including phenoxy) is 3. The summed E-state index contributed by atoms with van der Waals surface area (Å²) in [6, 6.07) is 13.7. The van der Waals surface area contributed by atoms with Crippen LogP contribution in [0.2, 0.25) is 5.02 Å². The predicted octanol–water partition coefficient (Wildman–Crippen LogP) is 4.64. The summed E-state index contributed by atoms with van der Waals surface area (Å²) in [6.45, 7) is 9.89. The second-order valence-corrected chi connectivity index (χ2v) is 10.8. The number of nitro benzene ring substituents is 1. The smallest absolute Gasteiger partial charge is 0.336 e. The molecule has 0 aromatic heterocycles. The van der Waals surface area contributed by atoms with Gasteiger partial charge in [0, 0.05) is 79.5 Å². The number of esters is 2. The molecular weight excluding hydrogens is 576 g/mol. The van der Waals surface area contributed by atoms with E-state index in [2.05, 4.69) is 14.8 Å². The van der Waals surface area contributed by atoms with Crippen molar-refractivity contribution in [3.8, 4) is 0 Å². The summed E-state index contributed by atoms with van der Waals surface area (Å²) in [4.78, 5) is 47.0. The van der Waals surface area contributed by atoms with Crippen molar-refractivity contribution in [3.63, 3.8) is 0 Å². The Morgan fingerprint density at radius 2 is 1.74 bits per heavy atom. The number of benzene rings is 2. The Labute approximate surface area is 256 Å². The lowest BCUT2D eigenvalue weighted by Gasteiger charge is -2.36. The quantitative estimate of drug-likeness (QED) is 0.146. The maximum absolute atomic E-state index is 13.6. The van der Waals surface area contributed by atoms with Crippen LogP contribution in [-0.4, -0.2) is 86.6 Å². The first kappa shape index (κ1) is 32.1. The van der Waals surface area contributed by atoms with Gasteiger partial charge in [0.15, 0.2) is 0 Å². The molecule has 0 N–H and O–H groups in total. The molecule has 2 aromatic rings. The van der Waals surface area contributed by atoms with Gasteiger partial charge in [0.1, 0.15) is 19.1 Å². The fourth-order valence-corrected chi connectivity index (χ4v) is 5.59. The predicted molar refractivity (Wildman–Crippen MR) is 164 cm³/mol. The van der Waals surface area contributed by atoms with E-state index < -0.39 is 28.7 Å². The molecular formula is C31H37ClN4O7. The van der Waals surface area contributed by atoms with Gasteiger partial charge in [-0.3, -0.25) is 24.8 Å². The van der Waals surface area contributed by atoms with Crippen molar-refractivity contribution >= 4 is 40.6 Å². The number of hydrogen-bond acceptors (Lipinski definition) is 10. The number of non-ortho nitro benzene ring substituents is 1. The zero-order chi connectivity index (χ0) is 30.9. The largest absolute Gasteiger partial charge is 0.463 e. The second-order valence-electron chi connectivity index (χ2n) is 10.4. The molecule has 0 aliphatic carbocycles. The molecule has 230 valence electrons. The van der Waals surface area contributed by atoms with Gasteiger partial charge in [-0.1, -0.05) is 23.7 Å².